The van der Waals surface area contributed by atoms with Crippen molar-refractivity contribution < 1.29 is 9.53 Å². The molecule has 1 saturated carbocycles. The standard InChI is InChI=1S/C20H22N4O2/c1-12-9-17(15-5-4-6-16(10-15)26-3)23-19-18(21-11-24(12)19)20(25)22-13(2)14-7-8-14/h4-6,9-11,13-14H,7-8H2,1-3H3,(H,22,25)/t13-/m1/s1. The van der Waals surface area contributed by atoms with E-state index in [9.17, 15) is 4.79 Å². The van der Waals surface area contributed by atoms with E-state index >= 15 is 0 Å². The zero-order valence-electron chi connectivity index (χ0n) is 15.2. The molecular formula is C20H22N4O2. The maximum Gasteiger partial charge on any atom is 0.274 e. The van der Waals surface area contributed by atoms with Crippen molar-refractivity contribution in [2.75, 3.05) is 7.11 Å². The van der Waals surface area contributed by atoms with Gasteiger partial charge in [0, 0.05) is 17.3 Å². The molecule has 2 heterocycles. The molecule has 0 radical (unpaired) electrons. The van der Waals surface area contributed by atoms with Gasteiger partial charge < -0.3 is 10.1 Å². The number of aromatic nitrogens is 3. The highest BCUT2D eigenvalue weighted by Gasteiger charge is 2.30. The molecule has 0 spiro atoms. The lowest BCUT2D eigenvalue weighted by Crippen LogP contribution is -2.34. The first-order chi connectivity index (χ1) is 12.6. The van der Waals surface area contributed by atoms with Crippen LogP contribution in [-0.2, 0) is 0 Å². The van der Waals surface area contributed by atoms with Gasteiger partial charge in [0.25, 0.3) is 5.91 Å². The molecule has 1 aliphatic rings. The summed E-state index contributed by atoms with van der Waals surface area (Å²) in [6.45, 7) is 4.03. The van der Waals surface area contributed by atoms with Crippen molar-refractivity contribution in [3.05, 3.63) is 48.0 Å². The Bertz CT molecular complexity index is 975. The Labute approximate surface area is 152 Å². The second kappa shape index (κ2) is 6.44. The molecule has 0 aliphatic heterocycles. The first-order valence-electron chi connectivity index (χ1n) is 8.87. The molecule has 1 aromatic carbocycles. The molecule has 2 aromatic heterocycles. The number of hydrogen-bond donors (Lipinski definition) is 1. The fourth-order valence-corrected chi connectivity index (χ4v) is 3.20. The summed E-state index contributed by atoms with van der Waals surface area (Å²) in [5, 5.41) is 3.06. The molecule has 1 fully saturated rings. The van der Waals surface area contributed by atoms with Crippen LogP contribution in [0.15, 0.2) is 36.7 Å². The lowest BCUT2D eigenvalue weighted by Gasteiger charge is -2.12. The van der Waals surface area contributed by atoms with Crippen LogP contribution in [0.2, 0.25) is 0 Å². The van der Waals surface area contributed by atoms with E-state index in [0.29, 0.717) is 17.3 Å². The zero-order valence-corrected chi connectivity index (χ0v) is 15.2. The number of aryl methyl sites for hydroxylation is 1. The minimum Gasteiger partial charge on any atom is -0.497 e. The predicted octanol–water partition coefficient (Wildman–Crippen LogP) is 3.24. The molecule has 6 nitrogen and oxygen atoms in total. The Hall–Kier alpha value is -2.89. The van der Waals surface area contributed by atoms with E-state index in [0.717, 1.165) is 22.7 Å². The lowest BCUT2D eigenvalue weighted by atomic mass is 10.1. The normalized spacial score (nSPS) is 15.0. The highest BCUT2D eigenvalue weighted by Crippen LogP contribution is 2.32. The number of carbonyl (C=O) groups is 1. The topological polar surface area (TPSA) is 68.5 Å². The van der Waals surface area contributed by atoms with Crippen LogP contribution < -0.4 is 10.1 Å². The Morgan fingerprint density at radius 2 is 2.15 bits per heavy atom. The van der Waals surface area contributed by atoms with Crippen LogP contribution in [0.5, 0.6) is 5.75 Å². The molecule has 3 aromatic rings. The van der Waals surface area contributed by atoms with Gasteiger partial charge >= 0.3 is 0 Å². The number of carbonyl (C=O) groups excluding carboxylic acids is 1. The van der Waals surface area contributed by atoms with E-state index in [2.05, 4.69) is 10.3 Å². The van der Waals surface area contributed by atoms with Gasteiger partial charge in [0.2, 0.25) is 0 Å². The van der Waals surface area contributed by atoms with Gasteiger partial charge in [-0.2, -0.15) is 0 Å². The second-order valence-electron chi connectivity index (χ2n) is 6.90. The molecule has 0 saturated heterocycles. The third kappa shape index (κ3) is 3.03. The van der Waals surface area contributed by atoms with Crippen LogP contribution in [-0.4, -0.2) is 33.4 Å². The van der Waals surface area contributed by atoms with Crippen molar-refractivity contribution >= 4 is 11.6 Å². The van der Waals surface area contributed by atoms with E-state index in [1.54, 1.807) is 13.4 Å². The summed E-state index contributed by atoms with van der Waals surface area (Å²) >= 11 is 0. The SMILES string of the molecule is COc1cccc(-c2cc(C)n3cnc(C(=O)N[C@H](C)C4CC4)c3n2)c1. The highest BCUT2D eigenvalue weighted by atomic mass is 16.5. The van der Waals surface area contributed by atoms with Crippen LogP contribution in [0.25, 0.3) is 16.9 Å². The van der Waals surface area contributed by atoms with E-state index < -0.39 is 0 Å². The number of rotatable bonds is 5. The number of amides is 1. The van der Waals surface area contributed by atoms with Crippen LogP contribution in [0, 0.1) is 12.8 Å². The van der Waals surface area contributed by atoms with Crippen LogP contribution in [0.3, 0.4) is 0 Å². The number of fused-ring (bicyclic) bond motifs is 1. The quantitative estimate of drug-likeness (QED) is 0.767. The van der Waals surface area contributed by atoms with E-state index in [4.69, 9.17) is 9.72 Å². The Morgan fingerprint density at radius 3 is 2.88 bits per heavy atom. The van der Waals surface area contributed by atoms with Gasteiger partial charge in [-0.05, 0) is 50.8 Å². The third-order valence-electron chi connectivity index (χ3n) is 4.96. The summed E-state index contributed by atoms with van der Waals surface area (Å²) in [4.78, 5) is 21.7. The fourth-order valence-electron chi connectivity index (χ4n) is 3.20. The van der Waals surface area contributed by atoms with Gasteiger partial charge in [0.15, 0.2) is 11.3 Å². The Kier molecular flexibility index (Phi) is 4.11. The van der Waals surface area contributed by atoms with Crippen molar-refractivity contribution in [3.63, 3.8) is 0 Å². The number of nitrogens with zero attached hydrogens (tertiary/aromatic N) is 3. The molecule has 1 N–H and O–H groups in total. The smallest absolute Gasteiger partial charge is 0.274 e. The zero-order chi connectivity index (χ0) is 18.3. The van der Waals surface area contributed by atoms with Gasteiger partial charge in [-0.3, -0.25) is 9.20 Å². The minimum absolute atomic E-state index is 0.165. The predicted molar refractivity (Wildman–Crippen MR) is 99.4 cm³/mol. The molecule has 1 atom stereocenters. The summed E-state index contributed by atoms with van der Waals surface area (Å²) in [6.07, 6.45) is 4.02. The summed E-state index contributed by atoms with van der Waals surface area (Å²) in [6, 6.07) is 9.89. The monoisotopic (exact) mass is 350 g/mol. The number of hydrogen-bond acceptors (Lipinski definition) is 4. The number of methoxy groups -OCH3 is 1. The number of ether oxygens (including phenoxy) is 1. The fraction of sp³-hybridized carbons (Fsp3) is 0.350. The van der Waals surface area contributed by atoms with Gasteiger partial charge in [-0.25, -0.2) is 9.97 Å². The van der Waals surface area contributed by atoms with Gasteiger partial charge in [0.1, 0.15) is 12.1 Å². The third-order valence-corrected chi connectivity index (χ3v) is 4.96. The van der Waals surface area contributed by atoms with E-state index in [1.807, 2.05) is 48.6 Å². The molecule has 26 heavy (non-hydrogen) atoms. The molecule has 1 aliphatic carbocycles. The average molecular weight is 350 g/mol. The summed E-state index contributed by atoms with van der Waals surface area (Å²) in [5.41, 5.74) is 3.64. The number of imidazole rings is 1. The first kappa shape index (κ1) is 16.6. The Morgan fingerprint density at radius 1 is 1.35 bits per heavy atom. The number of nitrogens with one attached hydrogen (secondary N) is 1. The van der Waals surface area contributed by atoms with Crippen LogP contribution >= 0.6 is 0 Å². The maximum absolute atomic E-state index is 12.7. The first-order valence-corrected chi connectivity index (χ1v) is 8.87. The van der Waals surface area contributed by atoms with Gasteiger partial charge in [-0.1, -0.05) is 12.1 Å². The molecule has 0 bridgehead atoms. The number of benzene rings is 1. The molecule has 4 rings (SSSR count). The van der Waals surface area contributed by atoms with Crippen molar-refractivity contribution in [1.82, 2.24) is 19.7 Å². The van der Waals surface area contributed by atoms with Crippen molar-refractivity contribution in [2.45, 2.75) is 32.7 Å². The van der Waals surface area contributed by atoms with Crippen molar-refractivity contribution in [1.29, 1.82) is 0 Å². The van der Waals surface area contributed by atoms with Crippen LogP contribution in [0.1, 0.15) is 35.9 Å². The second-order valence-corrected chi connectivity index (χ2v) is 6.90. The van der Waals surface area contributed by atoms with Crippen LogP contribution in [0.4, 0.5) is 0 Å². The Balaban J connectivity index is 1.73. The lowest BCUT2D eigenvalue weighted by molar-refractivity contribution is 0.0933. The van der Waals surface area contributed by atoms with Crippen molar-refractivity contribution in [3.8, 4) is 17.0 Å². The molecular weight excluding hydrogens is 328 g/mol. The molecule has 0 unspecified atom stereocenters. The highest BCUT2D eigenvalue weighted by molar-refractivity contribution is 5.98. The van der Waals surface area contributed by atoms with E-state index in [1.165, 1.54) is 12.8 Å². The van der Waals surface area contributed by atoms with Gasteiger partial charge in [-0.15, -0.1) is 0 Å². The summed E-state index contributed by atoms with van der Waals surface area (Å²) < 4.78 is 7.15. The summed E-state index contributed by atoms with van der Waals surface area (Å²) in [7, 11) is 1.64. The molecule has 1 amide bonds. The molecule has 134 valence electrons. The largest absolute Gasteiger partial charge is 0.497 e. The van der Waals surface area contributed by atoms with Gasteiger partial charge in [0.05, 0.1) is 12.8 Å². The average Bonchev–Trinajstić information content (AvgIpc) is 3.41. The van der Waals surface area contributed by atoms with E-state index in [-0.39, 0.29) is 11.9 Å². The minimum atomic E-state index is -0.165. The summed E-state index contributed by atoms with van der Waals surface area (Å²) in [5.74, 6) is 1.20. The molecule has 6 heteroatoms. The maximum atomic E-state index is 12.7. The van der Waals surface area contributed by atoms with Crippen molar-refractivity contribution in [2.24, 2.45) is 5.92 Å².